The Morgan fingerprint density at radius 3 is 2.36 bits per heavy atom. The molecule has 6 atom stereocenters. The average Bonchev–Trinajstić information content (AvgIpc) is 2.70. The van der Waals surface area contributed by atoms with Crippen LogP contribution in [-0.2, 0) is 14.4 Å². The quantitative estimate of drug-likeness (QED) is 0.233. The predicted octanol–water partition coefficient (Wildman–Crippen LogP) is -2.08. The number of nitrogens with two attached hydrogens (primary N) is 1. The molecule has 0 aromatic heterocycles. The first-order valence-corrected chi connectivity index (χ1v) is 10.00. The van der Waals surface area contributed by atoms with Gasteiger partial charge in [-0.2, -0.15) is 0 Å². The molecule has 3 aliphatic rings. The molecule has 6 N–H and O–H groups in total. The summed E-state index contributed by atoms with van der Waals surface area (Å²) < 4.78 is 0. The first-order chi connectivity index (χ1) is 14.9. The third kappa shape index (κ3) is 3.19. The van der Waals surface area contributed by atoms with Crippen molar-refractivity contribution in [2.45, 2.75) is 30.6 Å². The molecule has 0 unspecified atom stereocenters. The molecule has 1 fully saturated rings. The van der Waals surface area contributed by atoms with E-state index in [-0.39, 0.29) is 49.1 Å². The zero-order valence-electron chi connectivity index (χ0n) is 18.3. The Balaban J connectivity index is 0.00000306. The number of benzene rings is 1. The Hall–Kier alpha value is -1.95. The van der Waals surface area contributed by atoms with Gasteiger partial charge in [-0.3, -0.25) is 19.3 Å². The van der Waals surface area contributed by atoms with E-state index in [4.69, 9.17) is 5.73 Å². The van der Waals surface area contributed by atoms with Crippen LogP contribution in [0.15, 0.2) is 35.1 Å². The molecule has 0 spiro atoms. The van der Waals surface area contributed by atoms with Crippen molar-refractivity contribution < 1.29 is 39.9 Å². The minimum absolute atomic E-state index is 0. The number of aliphatic hydroxyl groups is 3. The Morgan fingerprint density at radius 1 is 1.21 bits per heavy atom. The smallest absolute Gasteiger partial charge is 0.872 e. The molecular weight excluding hydrogens is 460 g/mol. The van der Waals surface area contributed by atoms with Crippen LogP contribution in [0.5, 0.6) is 5.75 Å². The first kappa shape index (κ1) is 25.7. The number of rotatable bonds is 2. The molecule has 0 saturated heterocycles. The number of aromatic hydroxyl groups is 1. The van der Waals surface area contributed by atoms with Crippen LogP contribution in [0.3, 0.4) is 0 Å². The molecule has 0 aliphatic heterocycles. The van der Waals surface area contributed by atoms with E-state index in [1.54, 1.807) is 13.0 Å². The van der Waals surface area contributed by atoms with Crippen LogP contribution in [0, 0.1) is 11.8 Å². The van der Waals surface area contributed by atoms with Crippen molar-refractivity contribution in [2.75, 3.05) is 14.1 Å². The third-order valence-electron chi connectivity index (χ3n) is 6.97. The molecule has 1 saturated carbocycles. The Kier molecular flexibility index (Phi) is 6.51. The summed E-state index contributed by atoms with van der Waals surface area (Å²) >= 11 is 0. The van der Waals surface area contributed by atoms with E-state index in [1.807, 2.05) is 0 Å². The molecule has 0 heterocycles. The van der Waals surface area contributed by atoms with E-state index < -0.39 is 75.6 Å². The zero-order valence-corrected chi connectivity index (χ0v) is 20.5. The van der Waals surface area contributed by atoms with Crippen molar-refractivity contribution in [1.82, 2.24) is 4.90 Å². The van der Waals surface area contributed by atoms with Gasteiger partial charge in [0.25, 0.3) is 5.91 Å². The van der Waals surface area contributed by atoms with Crippen LogP contribution in [0.2, 0.25) is 0 Å². The summed E-state index contributed by atoms with van der Waals surface area (Å²) in [6, 6.07) is 3.00. The molecule has 0 radical (unpaired) electrons. The van der Waals surface area contributed by atoms with Crippen molar-refractivity contribution in [3.63, 3.8) is 0 Å². The molecule has 10 nitrogen and oxygen atoms in total. The molecule has 11 heteroatoms. The average molecular weight is 484 g/mol. The summed E-state index contributed by atoms with van der Waals surface area (Å²) in [4.78, 5) is 39.9. The van der Waals surface area contributed by atoms with Gasteiger partial charge < -0.3 is 31.3 Å². The van der Waals surface area contributed by atoms with Gasteiger partial charge in [0.1, 0.15) is 17.1 Å². The topological polar surface area (TPSA) is 184 Å². The number of aliphatic hydroxyl groups excluding tert-OH is 2. The summed E-state index contributed by atoms with van der Waals surface area (Å²) in [7, 11) is 2.90. The summed E-state index contributed by atoms with van der Waals surface area (Å²) in [5.74, 6) is -9.43. The molecule has 3 aliphatic carbocycles. The number of fused-ring (bicyclic) bond motifs is 3. The van der Waals surface area contributed by atoms with Crippen molar-refractivity contribution in [3.05, 3.63) is 46.2 Å². The number of phenolic OH excluding ortho intramolecular Hbond substituents is 1. The fourth-order valence-electron chi connectivity index (χ4n) is 5.55. The van der Waals surface area contributed by atoms with Crippen molar-refractivity contribution in [1.29, 1.82) is 0 Å². The number of ketones is 2. The molecule has 33 heavy (non-hydrogen) atoms. The van der Waals surface area contributed by atoms with Gasteiger partial charge in [-0.15, -0.1) is 0 Å². The van der Waals surface area contributed by atoms with Gasteiger partial charge in [-0.25, -0.2) is 0 Å². The number of Topliss-reactive ketones (excluding diaryl/α,β-unsaturated/α-hetero) is 2. The number of nitrogens with zero attached hydrogens (tertiary/aromatic N) is 1. The fourth-order valence-corrected chi connectivity index (χ4v) is 5.55. The van der Waals surface area contributed by atoms with Gasteiger partial charge in [0.05, 0.1) is 18.1 Å². The largest absolute Gasteiger partial charge is 2.00 e. The molecule has 0 bridgehead atoms. The molecule has 1 amide bonds. The van der Waals surface area contributed by atoms with E-state index in [0.717, 1.165) is 0 Å². The molecule has 1 aromatic carbocycles. The number of carbonyl (C=O) groups is 3. The predicted molar refractivity (Wildman–Crippen MR) is 113 cm³/mol. The van der Waals surface area contributed by atoms with Gasteiger partial charge in [-0.05, 0) is 37.2 Å². The molecular formula is C22H23CaN2O8+. The number of carbonyl (C=O) groups excluding carboxylic acids is 3. The normalized spacial score (nSPS) is 33.3. The summed E-state index contributed by atoms with van der Waals surface area (Å²) in [6.07, 6.45) is -1.63. The summed E-state index contributed by atoms with van der Waals surface area (Å²) in [6.45, 7) is 1.65. The second-order valence-electron chi connectivity index (χ2n) is 8.77. The standard InChI is InChI=1S/C22H24N2O8.Ca/c1-7-8-5-4-6-9(25)11(8)16(26)12-10(7)17(27)14-15(24(2)3)18(28)13(21(23)31)20(30)22(14,32)19(12)29;/h4-7,10,14-15,17,25-27,30,32H,1-3H3,(H2,23,31);/q;+2/p-1/t7-,10+,14+,15-,17-,22-;/m1./s1. The second-order valence-corrected chi connectivity index (χ2v) is 8.77. The van der Waals surface area contributed by atoms with Gasteiger partial charge in [-0.1, -0.05) is 24.8 Å². The molecule has 1 aromatic rings. The minimum Gasteiger partial charge on any atom is -0.872 e. The number of primary amides is 1. The number of phenols is 1. The monoisotopic (exact) mass is 483 g/mol. The van der Waals surface area contributed by atoms with Gasteiger partial charge >= 0.3 is 37.7 Å². The number of hydrogen-bond donors (Lipinski definition) is 5. The minimum atomic E-state index is -2.93. The van der Waals surface area contributed by atoms with Crippen LogP contribution < -0.4 is 10.8 Å². The van der Waals surface area contributed by atoms with E-state index in [1.165, 1.54) is 31.1 Å². The van der Waals surface area contributed by atoms with Crippen molar-refractivity contribution in [2.24, 2.45) is 17.6 Å². The summed E-state index contributed by atoms with van der Waals surface area (Å²) in [5.41, 5.74) is 1.11. The maximum absolute atomic E-state index is 13.6. The van der Waals surface area contributed by atoms with E-state index in [9.17, 15) is 39.9 Å². The zero-order chi connectivity index (χ0) is 23.9. The first-order valence-electron chi connectivity index (χ1n) is 10.00. The van der Waals surface area contributed by atoms with Crippen LogP contribution in [0.25, 0.3) is 5.76 Å². The van der Waals surface area contributed by atoms with Crippen molar-refractivity contribution >= 4 is 61.0 Å². The maximum atomic E-state index is 13.6. The Bertz CT molecular complexity index is 1140. The number of hydrogen-bond acceptors (Lipinski definition) is 9. The van der Waals surface area contributed by atoms with Crippen LogP contribution in [0.1, 0.15) is 24.0 Å². The third-order valence-corrected chi connectivity index (χ3v) is 6.97. The van der Waals surface area contributed by atoms with Gasteiger partial charge in [0.15, 0.2) is 17.2 Å². The number of likely N-dealkylation sites (N-methyl/N-ethyl adjacent to an activating group) is 1. The van der Waals surface area contributed by atoms with Crippen LogP contribution in [0.4, 0.5) is 0 Å². The molecule has 170 valence electrons. The van der Waals surface area contributed by atoms with E-state index in [2.05, 4.69) is 0 Å². The molecule has 4 rings (SSSR count). The Labute approximate surface area is 219 Å². The van der Waals surface area contributed by atoms with E-state index >= 15 is 0 Å². The maximum Gasteiger partial charge on any atom is 2.00 e. The number of amides is 1. The van der Waals surface area contributed by atoms with Crippen molar-refractivity contribution in [3.8, 4) is 5.75 Å². The van der Waals surface area contributed by atoms with Crippen LogP contribution in [-0.4, -0.2) is 112 Å². The summed E-state index contributed by atoms with van der Waals surface area (Å²) in [5, 5.41) is 57.1. The second kappa shape index (κ2) is 8.37. The van der Waals surface area contributed by atoms with E-state index in [0.29, 0.717) is 5.56 Å². The van der Waals surface area contributed by atoms with Crippen LogP contribution >= 0.6 is 0 Å². The van der Waals surface area contributed by atoms with Gasteiger partial charge in [0.2, 0.25) is 0 Å². The van der Waals surface area contributed by atoms with Gasteiger partial charge in [0, 0.05) is 11.5 Å². The fraction of sp³-hybridized carbons (Fsp3) is 0.409. The SMILES string of the molecule is C[C@@H]1c2cccc(O)c2C([O-])=C2C(=O)[C@@]3(O)C(O)=C(C(N)=O)C(=O)[C@H](N(C)C)[C@H]3[C@H](O)[C@H]21.[Ca+2]. The Morgan fingerprint density at radius 2 is 1.82 bits per heavy atom.